The second-order valence-corrected chi connectivity index (χ2v) is 24.2. The fourth-order valence-corrected chi connectivity index (χ4v) is 9.52. The van der Waals surface area contributed by atoms with Gasteiger partial charge in [-0.2, -0.15) is 0 Å². The number of hydrogen-bond donors (Lipinski definition) is 3. The summed E-state index contributed by atoms with van der Waals surface area (Å²) >= 11 is 6.22. The molecule has 0 spiro atoms. The number of hydrogen-bond acceptors (Lipinski definition) is 11. The number of benzene rings is 1. The Bertz CT molecular complexity index is 1620. The van der Waals surface area contributed by atoms with Crippen LogP contribution in [0.4, 0.5) is 0 Å². The number of ether oxygens (including phenoxy) is 4. The van der Waals surface area contributed by atoms with Gasteiger partial charge in [-0.15, -0.1) is 0 Å². The highest BCUT2D eigenvalue weighted by Gasteiger charge is 2.56. The van der Waals surface area contributed by atoms with E-state index in [2.05, 4.69) is 52.6 Å². The first kappa shape index (κ1) is 52.0. The van der Waals surface area contributed by atoms with Gasteiger partial charge in [0.15, 0.2) is 8.32 Å². The van der Waals surface area contributed by atoms with Crippen molar-refractivity contribution in [1.29, 1.82) is 0 Å². The molecule has 2 aliphatic rings. The topological polar surface area (TPSA) is 148 Å². The Morgan fingerprint density at radius 3 is 2.35 bits per heavy atom. The molecule has 2 heterocycles. The zero-order chi connectivity index (χ0) is 45.2. The van der Waals surface area contributed by atoms with Gasteiger partial charge >= 0.3 is 11.9 Å². The second-order valence-electron chi connectivity index (χ2n) is 19.0. The smallest absolute Gasteiger partial charge is 0.308 e. The molecule has 0 radical (unpaired) electrons. The monoisotopic (exact) mass is 877 g/mol. The van der Waals surface area contributed by atoms with E-state index in [1.165, 1.54) is 6.92 Å². The summed E-state index contributed by atoms with van der Waals surface area (Å²) in [5.74, 6) is -1.25. The minimum Gasteiger partial charge on any atom is -0.457 e. The molecule has 3 unspecified atom stereocenters. The Labute approximate surface area is 366 Å². The Morgan fingerprint density at radius 1 is 1.13 bits per heavy atom. The van der Waals surface area contributed by atoms with Crippen LogP contribution in [0.15, 0.2) is 60.2 Å². The largest absolute Gasteiger partial charge is 0.457 e. The van der Waals surface area contributed by atoms with Crippen LogP contribution in [0.3, 0.4) is 0 Å². The number of halogens is 1. The van der Waals surface area contributed by atoms with Crippen molar-refractivity contribution >= 4 is 31.9 Å². The summed E-state index contributed by atoms with van der Waals surface area (Å²) in [5.41, 5.74) is -1.12. The van der Waals surface area contributed by atoms with Crippen LogP contribution in [-0.2, 0) is 39.5 Å². The SMILES string of the molecule is CC[C@H](OC)[C@@H](C)C1O[C@@H]1C(N(CCCO)Cc1ccc(Cl)cc1)C(C)(O)/C=C/C=C(\C)[C@H]1OC(=O)C[C@H](O[Si](C)(C)C(C)(C)C)CC[C@@](C)(O)[C@@H](OC(C)=O)/C=C/[C@@H]1C. The van der Waals surface area contributed by atoms with Crippen LogP contribution in [0.5, 0.6) is 0 Å². The quantitative estimate of drug-likeness (QED) is 0.0430. The zero-order valence-electron chi connectivity index (χ0n) is 38.6. The number of esters is 2. The number of cyclic esters (lactones) is 1. The number of aliphatic hydroxyl groups is 3. The van der Waals surface area contributed by atoms with E-state index >= 15 is 0 Å². The van der Waals surface area contributed by atoms with Gasteiger partial charge in [-0.25, -0.2) is 0 Å². The predicted molar refractivity (Wildman–Crippen MR) is 240 cm³/mol. The number of aliphatic hydroxyl groups excluding tert-OH is 1. The lowest BCUT2D eigenvalue weighted by atomic mass is 9.85. The van der Waals surface area contributed by atoms with Gasteiger partial charge in [0, 0.05) is 50.6 Å². The van der Waals surface area contributed by atoms with Crippen molar-refractivity contribution in [3.63, 3.8) is 0 Å². The highest BCUT2D eigenvalue weighted by atomic mass is 35.5. The molecule has 0 aliphatic carbocycles. The highest BCUT2D eigenvalue weighted by molar-refractivity contribution is 6.74. The molecule has 2 aliphatic heterocycles. The number of rotatable bonds is 18. The maximum absolute atomic E-state index is 13.8. The molecular weight excluding hydrogens is 802 g/mol. The molecule has 1 aromatic rings. The summed E-state index contributed by atoms with van der Waals surface area (Å²) in [6.07, 6.45) is 8.11. The van der Waals surface area contributed by atoms with Crippen molar-refractivity contribution in [3.8, 4) is 0 Å². The standard InChI is InChI=1S/C47H76ClNO10Si/c1-14-38(55-11)33(4)42-43(58-42)44(49(27-16-28-50)30-35-19-21-36(48)22-20-35)47(10,54)25-15-17-31(2)41-32(3)18-23-39(56-34(5)51)46(9,53)26-24-37(29-40(52)57-41)59-60(12,13)45(6,7)8/h15,17-23,25,32-33,37-39,41-44,50,53-54H,14,16,24,26-30H2,1-13H3/b23-18+,25-15+,31-17+/t32-,33+,37+,38-,39-,41+,42?,43-,44?,46+,47?/m0/s1. The van der Waals surface area contributed by atoms with Gasteiger partial charge in [-0.1, -0.05) is 89.6 Å². The lowest BCUT2D eigenvalue weighted by Gasteiger charge is -2.40. The van der Waals surface area contributed by atoms with Crippen LogP contribution < -0.4 is 0 Å². The van der Waals surface area contributed by atoms with Gasteiger partial charge in [0.1, 0.15) is 23.9 Å². The Balaban J connectivity index is 2.04. The average molecular weight is 879 g/mol. The van der Waals surface area contributed by atoms with Gasteiger partial charge < -0.3 is 38.7 Å². The van der Waals surface area contributed by atoms with Crippen LogP contribution in [-0.4, -0.2) is 115 Å². The molecular formula is C47H76ClNO10Si. The summed E-state index contributed by atoms with van der Waals surface area (Å²) in [6, 6.07) is 7.11. The molecule has 11 nitrogen and oxygen atoms in total. The molecule has 1 saturated heterocycles. The van der Waals surface area contributed by atoms with Crippen molar-refractivity contribution in [1.82, 2.24) is 4.90 Å². The van der Waals surface area contributed by atoms with Crippen molar-refractivity contribution in [2.75, 3.05) is 20.3 Å². The lowest BCUT2D eigenvalue weighted by Crippen LogP contribution is -2.54. The number of epoxide rings is 1. The molecule has 340 valence electrons. The molecule has 0 bridgehead atoms. The third-order valence-electron chi connectivity index (χ3n) is 12.7. The van der Waals surface area contributed by atoms with Gasteiger partial charge in [0.2, 0.25) is 0 Å². The van der Waals surface area contributed by atoms with Crippen molar-refractivity contribution < 1.29 is 48.3 Å². The molecule has 11 atom stereocenters. The first-order chi connectivity index (χ1) is 27.9. The number of nitrogens with zero attached hydrogens (tertiary/aromatic N) is 1. The van der Waals surface area contributed by atoms with E-state index < -0.39 is 55.8 Å². The number of carbonyl (C=O) groups is 2. The average Bonchev–Trinajstić information content (AvgIpc) is 3.93. The first-order valence-electron chi connectivity index (χ1n) is 21.7. The molecule has 0 aromatic heterocycles. The zero-order valence-corrected chi connectivity index (χ0v) is 40.3. The summed E-state index contributed by atoms with van der Waals surface area (Å²) < 4.78 is 30.8. The van der Waals surface area contributed by atoms with Crippen LogP contribution in [0.2, 0.25) is 23.2 Å². The van der Waals surface area contributed by atoms with Crippen molar-refractivity contribution in [2.24, 2.45) is 11.8 Å². The van der Waals surface area contributed by atoms with Gasteiger partial charge in [-0.05, 0) is 93.9 Å². The first-order valence-corrected chi connectivity index (χ1v) is 25.0. The number of carbonyl (C=O) groups excluding carboxylic acids is 2. The molecule has 13 heteroatoms. The van der Waals surface area contributed by atoms with Crippen molar-refractivity contribution in [3.05, 3.63) is 70.8 Å². The Kier molecular flexibility index (Phi) is 19.3. The minimum absolute atomic E-state index is 0.00645. The predicted octanol–water partition coefficient (Wildman–Crippen LogP) is 8.34. The van der Waals surface area contributed by atoms with Crippen LogP contribution in [0, 0.1) is 11.8 Å². The number of methoxy groups -OCH3 is 1. The normalized spacial score (nSPS) is 29.2. The molecule has 0 amide bonds. The van der Waals surface area contributed by atoms with Crippen LogP contribution in [0.1, 0.15) is 107 Å². The number of allylic oxidation sites excluding steroid dienone is 2. The van der Waals surface area contributed by atoms with E-state index in [4.69, 9.17) is 35.0 Å². The van der Waals surface area contributed by atoms with Gasteiger partial charge in [0.25, 0.3) is 0 Å². The fourth-order valence-electron chi connectivity index (χ4n) is 8.00. The van der Waals surface area contributed by atoms with Gasteiger partial charge in [-0.3, -0.25) is 14.5 Å². The van der Waals surface area contributed by atoms with E-state index in [0.29, 0.717) is 31.0 Å². The molecule has 3 rings (SSSR count). The fraction of sp³-hybridized carbons (Fsp3) is 0.702. The summed E-state index contributed by atoms with van der Waals surface area (Å²) in [6.45, 7) is 24.4. The molecule has 3 N–H and O–H groups in total. The molecule has 1 aromatic carbocycles. The lowest BCUT2D eigenvalue weighted by molar-refractivity contribution is -0.157. The van der Waals surface area contributed by atoms with Gasteiger partial charge in [0.05, 0.1) is 36.4 Å². The van der Waals surface area contributed by atoms with E-state index in [-0.39, 0.29) is 54.6 Å². The van der Waals surface area contributed by atoms with Crippen LogP contribution >= 0.6 is 11.6 Å². The van der Waals surface area contributed by atoms with Crippen LogP contribution in [0.25, 0.3) is 0 Å². The second kappa shape index (κ2) is 22.3. The van der Waals surface area contributed by atoms with E-state index in [0.717, 1.165) is 17.6 Å². The summed E-state index contributed by atoms with van der Waals surface area (Å²) in [7, 11) is -0.624. The molecule has 1 fully saturated rings. The van der Waals surface area contributed by atoms with E-state index in [9.17, 15) is 24.9 Å². The maximum atomic E-state index is 13.8. The third kappa shape index (κ3) is 14.9. The van der Waals surface area contributed by atoms with E-state index in [1.54, 1.807) is 39.2 Å². The summed E-state index contributed by atoms with van der Waals surface area (Å²) in [5, 5.41) is 34.6. The summed E-state index contributed by atoms with van der Waals surface area (Å²) in [4.78, 5) is 28.2. The third-order valence-corrected chi connectivity index (χ3v) is 17.5. The molecule has 60 heavy (non-hydrogen) atoms. The highest BCUT2D eigenvalue weighted by Crippen LogP contribution is 2.42. The van der Waals surface area contributed by atoms with E-state index in [1.807, 2.05) is 50.3 Å². The maximum Gasteiger partial charge on any atom is 0.308 e. The Morgan fingerprint density at radius 2 is 1.78 bits per heavy atom. The minimum atomic E-state index is -2.33. The van der Waals surface area contributed by atoms with Crippen molar-refractivity contribution in [2.45, 2.75) is 180 Å². The Hall–Kier alpha value is -2.39. The molecule has 0 saturated carbocycles.